The van der Waals surface area contributed by atoms with Crippen LogP contribution in [0.4, 0.5) is 5.69 Å². The predicted octanol–water partition coefficient (Wildman–Crippen LogP) is 2.59. The molecule has 0 fully saturated rings. The minimum Gasteiger partial charge on any atom is -0.465 e. The first-order valence-electron chi connectivity index (χ1n) is 7.27. The lowest BCUT2D eigenvalue weighted by atomic mass is 10.1. The van der Waals surface area contributed by atoms with Gasteiger partial charge in [-0.3, -0.25) is 0 Å². The maximum absolute atomic E-state index is 11.7. The van der Waals surface area contributed by atoms with Crippen LogP contribution in [0.5, 0.6) is 0 Å². The van der Waals surface area contributed by atoms with E-state index < -0.39 is 11.9 Å². The van der Waals surface area contributed by atoms with E-state index in [9.17, 15) is 9.59 Å². The van der Waals surface area contributed by atoms with E-state index in [1.54, 1.807) is 12.1 Å². The van der Waals surface area contributed by atoms with Gasteiger partial charge in [-0.05, 0) is 36.3 Å². The fourth-order valence-corrected chi connectivity index (χ4v) is 1.96. The number of hydrogen-bond donors (Lipinski definition) is 2. The number of benzene rings is 1. The molecule has 0 radical (unpaired) electrons. The molecule has 7 heteroatoms. The summed E-state index contributed by atoms with van der Waals surface area (Å²) in [7, 11) is 2.55. The lowest BCUT2D eigenvalue weighted by Gasteiger charge is -2.15. The summed E-state index contributed by atoms with van der Waals surface area (Å²) in [6.45, 7) is 4.96. The van der Waals surface area contributed by atoms with Crippen LogP contribution in [0.1, 0.15) is 41.0 Å². The second-order valence-electron chi connectivity index (χ2n) is 5.13. The third-order valence-electron chi connectivity index (χ3n) is 3.34. The zero-order valence-corrected chi connectivity index (χ0v) is 14.6. The number of carbonyl (C=O) groups excluding carboxylic acids is 2. The van der Waals surface area contributed by atoms with Crippen molar-refractivity contribution in [2.24, 2.45) is 5.92 Å². The van der Waals surface area contributed by atoms with E-state index in [2.05, 4.69) is 24.5 Å². The number of nitrogens with one attached hydrogen (secondary N) is 2. The van der Waals surface area contributed by atoms with Crippen LogP contribution in [0.25, 0.3) is 0 Å². The number of anilines is 1. The van der Waals surface area contributed by atoms with E-state index in [0.29, 0.717) is 16.7 Å². The lowest BCUT2D eigenvalue weighted by Crippen LogP contribution is -2.32. The monoisotopic (exact) mass is 338 g/mol. The van der Waals surface area contributed by atoms with Crippen molar-refractivity contribution in [3.8, 4) is 0 Å². The minimum atomic E-state index is -0.544. The highest BCUT2D eigenvalue weighted by molar-refractivity contribution is 7.80. The molecule has 1 atom stereocenters. The molecule has 0 spiro atoms. The van der Waals surface area contributed by atoms with E-state index in [1.807, 2.05) is 0 Å². The summed E-state index contributed by atoms with van der Waals surface area (Å²) in [5.74, 6) is -0.601. The summed E-state index contributed by atoms with van der Waals surface area (Å²) in [6, 6.07) is 4.55. The van der Waals surface area contributed by atoms with Crippen LogP contribution >= 0.6 is 12.2 Å². The molecule has 0 saturated heterocycles. The number of methoxy groups -OCH3 is 2. The van der Waals surface area contributed by atoms with Crippen LogP contribution in [0, 0.1) is 5.92 Å². The van der Waals surface area contributed by atoms with E-state index in [4.69, 9.17) is 21.7 Å². The van der Waals surface area contributed by atoms with Gasteiger partial charge in [-0.1, -0.05) is 20.3 Å². The molecule has 2 N–H and O–H groups in total. The molecular formula is C16H22N2O4S. The largest absolute Gasteiger partial charge is 0.465 e. The van der Waals surface area contributed by atoms with Crippen molar-refractivity contribution in [3.63, 3.8) is 0 Å². The van der Waals surface area contributed by atoms with Crippen molar-refractivity contribution in [2.75, 3.05) is 26.1 Å². The smallest absolute Gasteiger partial charge is 0.337 e. The second kappa shape index (κ2) is 9.09. The first kappa shape index (κ1) is 18.9. The second-order valence-corrected chi connectivity index (χ2v) is 5.54. The van der Waals surface area contributed by atoms with Gasteiger partial charge in [-0.25, -0.2) is 9.59 Å². The minimum absolute atomic E-state index is 0.239. The van der Waals surface area contributed by atoms with Crippen LogP contribution in [0.15, 0.2) is 18.2 Å². The summed E-state index contributed by atoms with van der Waals surface area (Å²) >= 11 is 5.22. The van der Waals surface area contributed by atoms with E-state index in [-0.39, 0.29) is 11.1 Å². The van der Waals surface area contributed by atoms with Crippen LogP contribution in [0.3, 0.4) is 0 Å². The molecule has 0 bridgehead atoms. The number of thiocarbonyl (C=S) groups is 1. The molecule has 1 aromatic carbocycles. The van der Waals surface area contributed by atoms with Crippen LogP contribution in [0.2, 0.25) is 0 Å². The molecule has 0 aliphatic heterocycles. The number of carbonyl (C=O) groups is 2. The van der Waals surface area contributed by atoms with E-state index in [0.717, 1.165) is 13.0 Å². The highest BCUT2D eigenvalue weighted by Gasteiger charge is 2.14. The van der Waals surface area contributed by atoms with Gasteiger partial charge in [0.2, 0.25) is 0 Å². The van der Waals surface area contributed by atoms with Gasteiger partial charge >= 0.3 is 11.9 Å². The van der Waals surface area contributed by atoms with Crippen molar-refractivity contribution in [1.82, 2.24) is 5.32 Å². The zero-order valence-electron chi connectivity index (χ0n) is 13.8. The van der Waals surface area contributed by atoms with Gasteiger partial charge in [0.25, 0.3) is 0 Å². The lowest BCUT2D eigenvalue weighted by molar-refractivity contribution is 0.0599. The first-order valence-corrected chi connectivity index (χ1v) is 7.68. The third kappa shape index (κ3) is 5.86. The Morgan fingerprint density at radius 1 is 1.13 bits per heavy atom. The van der Waals surface area contributed by atoms with Crippen LogP contribution in [-0.4, -0.2) is 37.8 Å². The summed E-state index contributed by atoms with van der Waals surface area (Å²) in [5.41, 5.74) is 0.986. The molecule has 0 aromatic heterocycles. The average molecular weight is 338 g/mol. The zero-order chi connectivity index (χ0) is 17.4. The summed E-state index contributed by atoms with van der Waals surface area (Å²) in [5, 5.41) is 6.48. The van der Waals surface area contributed by atoms with Gasteiger partial charge < -0.3 is 20.1 Å². The van der Waals surface area contributed by atoms with E-state index >= 15 is 0 Å². The molecule has 0 heterocycles. The molecule has 0 aliphatic rings. The normalized spacial score (nSPS) is 11.3. The number of ether oxygens (including phenoxy) is 2. The Hall–Kier alpha value is -2.15. The Bertz CT molecular complexity index is 555. The maximum atomic E-state index is 11.7. The molecule has 126 valence electrons. The van der Waals surface area contributed by atoms with Gasteiger partial charge in [0.15, 0.2) is 5.11 Å². The number of esters is 2. The van der Waals surface area contributed by atoms with Crippen molar-refractivity contribution >= 4 is 35.0 Å². The predicted molar refractivity (Wildman–Crippen MR) is 92.8 cm³/mol. The van der Waals surface area contributed by atoms with E-state index in [1.165, 1.54) is 20.3 Å². The average Bonchev–Trinajstić information content (AvgIpc) is 2.57. The number of hydrogen-bond acceptors (Lipinski definition) is 5. The van der Waals surface area contributed by atoms with Crippen LogP contribution in [-0.2, 0) is 9.47 Å². The Morgan fingerprint density at radius 2 is 1.65 bits per heavy atom. The highest BCUT2D eigenvalue weighted by Crippen LogP contribution is 2.17. The Labute approximate surface area is 141 Å². The molecule has 1 rings (SSSR count). The third-order valence-corrected chi connectivity index (χ3v) is 3.59. The van der Waals surface area contributed by atoms with Crippen molar-refractivity contribution in [3.05, 3.63) is 29.3 Å². The van der Waals surface area contributed by atoms with Gasteiger partial charge in [0.1, 0.15) is 0 Å². The summed E-state index contributed by atoms with van der Waals surface area (Å²) in [4.78, 5) is 23.4. The van der Waals surface area contributed by atoms with Gasteiger partial charge in [-0.2, -0.15) is 0 Å². The van der Waals surface area contributed by atoms with Crippen molar-refractivity contribution < 1.29 is 19.1 Å². The highest BCUT2D eigenvalue weighted by atomic mass is 32.1. The van der Waals surface area contributed by atoms with Gasteiger partial charge in [0.05, 0.1) is 25.3 Å². The van der Waals surface area contributed by atoms with Gasteiger partial charge in [0, 0.05) is 12.2 Å². The summed E-state index contributed by atoms with van der Waals surface area (Å²) < 4.78 is 9.38. The SMILES string of the molecule is CCC(C)CNC(=S)Nc1cc(C(=O)OC)cc(C(=O)OC)c1. The Balaban J connectivity index is 2.94. The summed E-state index contributed by atoms with van der Waals surface area (Å²) in [6.07, 6.45) is 1.04. The molecule has 0 saturated carbocycles. The van der Waals surface area contributed by atoms with Crippen molar-refractivity contribution in [2.45, 2.75) is 20.3 Å². The Morgan fingerprint density at radius 3 is 2.09 bits per heavy atom. The first-order chi connectivity index (χ1) is 10.9. The number of rotatable bonds is 6. The fraction of sp³-hybridized carbons (Fsp3) is 0.438. The van der Waals surface area contributed by atoms with Crippen LogP contribution < -0.4 is 10.6 Å². The molecule has 1 unspecified atom stereocenters. The molecule has 0 amide bonds. The standard InChI is InChI=1S/C16H22N2O4S/c1-5-10(2)9-17-16(23)18-13-7-11(14(19)21-3)6-12(8-13)15(20)22-4/h6-8,10H,5,9H2,1-4H3,(H2,17,18,23). The molecule has 6 nitrogen and oxygen atoms in total. The van der Waals surface area contributed by atoms with Gasteiger partial charge in [-0.15, -0.1) is 0 Å². The van der Waals surface area contributed by atoms with Crippen molar-refractivity contribution in [1.29, 1.82) is 0 Å². The molecular weight excluding hydrogens is 316 g/mol. The molecule has 23 heavy (non-hydrogen) atoms. The fourth-order valence-electron chi connectivity index (χ4n) is 1.76. The maximum Gasteiger partial charge on any atom is 0.337 e. The topological polar surface area (TPSA) is 76.7 Å². The quantitative estimate of drug-likeness (QED) is 0.610. The Kier molecular flexibility index (Phi) is 7.47. The molecule has 1 aromatic rings. The molecule has 0 aliphatic carbocycles.